The molecule has 0 bridgehead atoms. The molecule has 0 radical (unpaired) electrons. The summed E-state index contributed by atoms with van der Waals surface area (Å²) in [6, 6.07) is 11.3. The van der Waals surface area contributed by atoms with Gasteiger partial charge in [-0.2, -0.15) is 0 Å². The van der Waals surface area contributed by atoms with Crippen molar-refractivity contribution in [3.05, 3.63) is 63.3 Å². The molecule has 1 heterocycles. The number of fused-ring (bicyclic) bond motifs is 1. The molecule has 0 amide bonds. The number of aryl methyl sites for hydroxylation is 3. The lowest BCUT2D eigenvalue weighted by molar-refractivity contribution is -0.145. The van der Waals surface area contributed by atoms with E-state index in [0.29, 0.717) is 22.3 Å². The van der Waals surface area contributed by atoms with Crippen molar-refractivity contribution >= 4 is 16.9 Å². The van der Waals surface area contributed by atoms with Gasteiger partial charge in [-0.1, -0.05) is 35.9 Å². The van der Waals surface area contributed by atoms with Crippen LogP contribution < -0.4 is 10.2 Å². The van der Waals surface area contributed by atoms with Crippen LogP contribution in [-0.4, -0.2) is 19.2 Å². The zero-order valence-corrected chi connectivity index (χ0v) is 15.9. The molecule has 0 saturated carbocycles. The van der Waals surface area contributed by atoms with Gasteiger partial charge in [0.1, 0.15) is 5.58 Å². The maximum Gasteiger partial charge on any atom is 0.344 e. The Morgan fingerprint density at radius 3 is 2.41 bits per heavy atom. The number of carbonyl (C=O) groups is 1. The first-order valence-corrected chi connectivity index (χ1v) is 8.84. The Kier molecular flexibility index (Phi) is 5.31. The highest BCUT2D eigenvalue weighted by molar-refractivity contribution is 5.85. The second-order valence-electron chi connectivity index (χ2n) is 6.51. The average Bonchev–Trinajstić information content (AvgIpc) is 2.62. The predicted octanol–water partition coefficient (Wildman–Crippen LogP) is 4.33. The molecule has 3 rings (SSSR count). The van der Waals surface area contributed by atoms with E-state index >= 15 is 0 Å². The Morgan fingerprint density at radius 2 is 1.74 bits per heavy atom. The third-order valence-electron chi connectivity index (χ3n) is 4.23. The third-order valence-corrected chi connectivity index (χ3v) is 4.23. The SMILES string of the molecule is CCOC(=O)COc1c(-c2ccc(C)cc2)oc2c(C)cc(C)cc2c1=O. The van der Waals surface area contributed by atoms with Crippen LogP contribution in [0.5, 0.6) is 5.75 Å². The van der Waals surface area contributed by atoms with Gasteiger partial charge in [-0.15, -0.1) is 0 Å². The van der Waals surface area contributed by atoms with Crippen LogP contribution in [0.4, 0.5) is 0 Å². The van der Waals surface area contributed by atoms with E-state index in [9.17, 15) is 9.59 Å². The molecule has 140 valence electrons. The van der Waals surface area contributed by atoms with Gasteiger partial charge in [0.05, 0.1) is 12.0 Å². The van der Waals surface area contributed by atoms with Gasteiger partial charge in [-0.3, -0.25) is 4.79 Å². The second kappa shape index (κ2) is 7.66. The van der Waals surface area contributed by atoms with Gasteiger partial charge in [-0.25, -0.2) is 4.79 Å². The summed E-state index contributed by atoms with van der Waals surface area (Å²) in [6.45, 7) is 7.40. The molecule has 5 nitrogen and oxygen atoms in total. The van der Waals surface area contributed by atoms with Crippen LogP contribution in [0.3, 0.4) is 0 Å². The normalized spacial score (nSPS) is 10.8. The van der Waals surface area contributed by atoms with Crippen molar-refractivity contribution in [1.29, 1.82) is 0 Å². The van der Waals surface area contributed by atoms with E-state index in [-0.39, 0.29) is 24.4 Å². The summed E-state index contributed by atoms with van der Waals surface area (Å²) in [7, 11) is 0. The van der Waals surface area contributed by atoms with E-state index in [1.807, 2.05) is 51.1 Å². The van der Waals surface area contributed by atoms with E-state index in [4.69, 9.17) is 13.9 Å². The topological polar surface area (TPSA) is 65.7 Å². The first-order chi connectivity index (χ1) is 12.9. The summed E-state index contributed by atoms with van der Waals surface area (Å²) in [5, 5.41) is 0.433. The monoisotopic (exact) mass is 366 g/mol. The minimum absolute atomic E-state index is 0.0180. The van der Waals surface area contributed by atoms with Gasteiger partial charge < -0.3 is 13.9 Å². The van der Waals surface area contributed by atoms with E-state index < -0.39 is 5.97 Å². The van der Waals surface area contributed by atoms with Crippen LogP contribution in [0.1, 0.15) is 23.6 Å². The molecule has 0 unspecified atom stereocenters. The molecule has 1 aromatic heterocycles. The first kappa shape index (κ1) is 18.7. The van der Waals surface area contributed by atoms with Crippen molar-refractivity contribution in [2.24, 2.45) is 0 Å². The summed E-state index contributed by atoms with van der Waals surface area (Å²) < 4.78 is 16.6. The molecular formula is C22H22O5. The van der Waals surface area contributed by atoms with Crippen LogP contribution >= 0.6 is 0 Å². The molecule has 0 spiro atoms. The number of rotatable bonds is 5. The van der Waals surface area contributed by atoms with Crippen LogP contribution in [0.15, 0.2) is 45.6 Å². The Morgan fingerprint density at radius 1 is 1.04 bits per heavy atom. The zero-order valence-electron chi connectivity index (χ0n) is 15.9. The molecular weight excluding hydrogens is 344 g/mol. The van der Waals surface area contributed by atoms with Crippen molar-refractivity contribution in [1.82, 2.24) is 0 Å². The van der Waals surface area contributed by atoms with Gasteiger partial charge in [0.15, 0.2) is 12.4 Å². The lowest BCUT2D eigenvalue weighted by Crippen LogP contribution is -2.19. The fraction of sp³-hybridized carbons (Fsp3) is 0.273. The Hall–Kier alpha value is -3.08. The maximum absolute atomic E-state index is 13.1. The van der Waals surface area contributed by atoms with Crippen molar-refractivity contribution < 1.29 is 18.7 Å². The van der Waals surface area contributed by atoms with Crippen LogP contribution in [-0.2, 0) is 9.53 Å². The Balaban J connectivity index is 2.20. The molecule has 0 aliphatic rings. The Bertz CT molecular complexity index is 1040. The molecule has 27 heavy (non-hydrogen) atoms. The average molecular weight is 366 g/mol. The highest BCUT2D eigenvalue weighted by Crippen LogP contribution is 2.32. The number of benzene rings is 2. The molecule has 0 fully saturated rings. The summed E-state index contributed by atoms with van der Waals surface area (Å²) >= 11 is 0. The van der Waals surface area contributed by atoms with Crippen LogP contribution in [0, 0.1) is 20.8 Å². The van der Waals surface area contributed by atoms with Crippen LogP contribution in [0.25, 0.3) is 22.3 Å². The smallest absolute Gasteiger partial charge is 0.344 e. The molecule has 2 aromatic carbocycles. The standard InChI is InChI=1S/C22H22O5/c1-5-25-18(23)12-26-22-19(24)17-11-14(3)10-15(4)20(17)27-21(22)16-8-6-13(2)7-9-16/h6-11H,5,12H2,1-4H3. The zero-order chi connectivity index (χ0) is 19.6. The molecule has 0 N–H and O–H groups in total. The van der Waals surface area contributed by atoms with Crippen molar-refractivity contribution in [3.63, 3.8) is 0 Å². The summed E-state index contributed by atoms with van der Waals surface area (Å²) in [4.78, 5) is 24.8. The number of carbonyl (C=O) groups excluding carboxylic acids is 1. The van der Waals surface area contributed by atoms with Crippen LogP contribution in [0.2, 0.25) is 0 Å². The van der Waals surface area contributed by atoms with Gasteiger partial charge in [0.25, 0.3) is 0 Å². The van der Waals surface area contributed by atoms with E-state index in [2.05, 4.69) is 0 Å². The highest BCUT2D eigenvalue weighted by atomic mass is 16.6. The van der Waals surface area contributed by atoms with Crippen molar-refractivity contribution in [3.8, 4) is 17.1 Å². The van der Waals surface area contributed by atoms with E-state index in [1.165, 1.54) is 0 Å². The molecule has 3 aromatic rings. The second-order valence-corrected chi connectivity index (χ2v) is 6.51. The first-order valence-electron chi connectivity index (χ1n) is 8.84. The fourth-order valence-corrected chi connectivity index (χ4v) is 2.99. The minimum Gasteiger partial charge on any atom is -0.474 e. The largest absolute Gasteiger partial charge is 0.474 e. The van der Waals surface area contributed by atoms with Crippen molar-refractivity contribution in [2.75, 3.05) is 13.2 Å². The fourth-order valence-electron chi connectivity index (χ4n) is 2.99. The van der Waals surface area contributed by atoms with Crippen molar-refractivity contribution in [2.45, 2.75) is 27.7 Å². The lowest BCUT2D eigenvalue weighted by atomic mass is 10.0. The predicted molar refractivity (Wildman–Crippen MR) is 104 cm³/mol. The maximum atomic E-state index is 13.1. The molecule has 0 aliphatic carbocycles. The van der Waals surface area contributed by atoms with Gasteiger partial charge in [0.2, 0.25) is 11.2 Å². The quantitative estimate of drug-likeness (QED) is 0.629. The highest BCUT2D eigenvalue weighted by Gasteiger charge is 2.20. The molecule has 0 atom stereocenters. The minimum atomic E-state index is -0.535. The molecule has 5 heteroatoms. The summed E-state index contributed by atoms with van der Waals surface area (Å²) in [5.74, 6) is -0.208. The Labute approximate surface area is 157 Å². The summed E-state index contributed by atoms with van der Waals surface area (Å²) in [5.41, 5.74) is 3.83. The number of hydrogen-bond donors (Lipinski definition) is 0. The van der Waals surface area contributed by atoms with Gasteiger partial charge in [0, 0.05) is 5.56 Å². The number of hydrogen-bond acceptors (Lipinski definition) is 5. The van der Waals surface area contributed by atoms with Gasteiger partial charge in [-0.05, 0) is 44.9 Å². The summed E-state index contributed by atoms with van der Waals surface area (Å²) in [6.07, 6.45) is 0. The number of ether oxygens (including phenoxy) is 2. The van der Waals surface area contributed by atoms with E-state index in [1.54, 1.807) is 13.0 Å². The van der Waals surface area contributed by atoms with E-state index in [0.717, 1.165) is 16.7 Å². The third kappa shape index (κ3) is 3.87. The molecule has 0 aliphatic heterocycles. The number of esters is 1. The lowest BCUT2D eigenvalue weighted by Gasteiger charge is -2.13. The van der Waals surface area contributed by atoms with Gasteiger partial charge >= 0.3 is 5.97 Å². The molecule has 0 saturated heterocycles.